The summed E-state index contributed by atoms with van der Waals surface area (Å²) in [6, 6.07) is 9.77. The molecule has 0 unspecified atom stereocenters. The van der Waals surface area contributed by atoms with Gasteiger partial charge in [0.25, 0.3) is 0 Å². The predicted octanol–water partition coefficient (Wildman–Crippen LogP) is 2.89. The van der Waals surface area contributed by atoms with Crippen LogP contribution in [0.25, 0.3) is 0 Å². The summed E-state index contributed by atoms with van der Waals surface area (Å²) in [6.45, 7) is 5.03. The number of hydrogen-bond acceptors (Lipinski definition) is 1. The molecule has 1 saturated heterocycles. The van der Waals surface area contributed by atoms with Gasteiger partial charge in [0.15, 0.2) is 0 Å². The molecule has 0 aromatic heterocycles. The summed E-state index contributed by atoms with van der Waals surface area (Å²) in [5, 5.41) is 0. The fourth-order valence-electron chi connectivity index (χ4n) is 3.19. The Morgan fingerprint density at radius 3 is 2.12 bits per heavy atom. The minimum Gasteiger partial charge on any atom is -0.300 e. The van der Waals surface area contributed by atoms with Crippen molar-refractivity contribution in [3.8, 4) is 0 Å². The largest absolute Gasteiger partial charge is 0.300 e. The number of piperidine rings is 1. The number of hydrogen-bond donors (Lipinski definition) is 0. The van der Waals surface area contributed by atoms with Crippen molar-refractivity contribution >= 4 is 0 Å². The lowest BCUT2D eigenvalue weighted by molar-refractivity contribution is 0.142. The van der Waals surface area contributed by atoms with E-state index in [9.17, 15) is 0 Å². The number of likely N-dealkylation sites (tertiary alicyclic amines) is 1. The Morgan fingerprint density at radius 2 is 1.56 bits per heavy atom. The van der Waals surface area contributed by atoms with Crippen molar-refractivity contribution in [3.63, 3.8) is 0 Å². The van der Waals surface area contributed by atoms with Crippen LogP contribution in [0, 0.1) is 5.92 Å². The van der Waals surface area contributed by atoms with E-state index < -0.39 is 0 Å². The van der Waals surface area contributed by atoms with E-state index in [4.69, 9.17) is 0 Å². The van der Waals surface area contributed by atoms with Gasteiger partial charge in [0.2, 0.25) is 0 Å². The molecule has 0 radical (unpaired) electrons. The van der Waals surface area contributed by atoms with Crippen LogP contribution in [0.3, 0.4) is 0 Å². The van der Waals surface area contributed by atoms with E-state index in [0.717, 1.165) is 12.0 Å². The van der Waals surface area contributed by atoms with Crippen molar-refractivity contribution in [1.82, 2.24) is 4.90 Å². The molecule has 1 aliphatic carbocycles. The quantitative estimate of drug-likeness (QED) is 0.696. The van der Waals surface area contributed by atoms with E-state index in [1.54, 1.807) is 11.1 Å². The van der Waals surface area contributed by atoms with Gasteiger partial charge in [0.1, 0.15) is 0 Å². The first-order valence-electron chi connectivity index (χ1n) is 6.64. The highest BCUT2D eigenvalue weighted by molar-refractivity contribution is 5.33. The Hall–Kier alpha value is -0.820. The summed E-state index contributed by atoms with van der Waals surface area (Å²) < 4.78 is 0. The summed E-state index contributed by atoms with van der Waals surface area (Å²) >= 11 is 0. The molecule has 1 fully saturated rings. The topological polar surface area (TPSA) is 3.24 Å². The van der Waals surface area contributed by atoms with Gasteiger partial charge in [-0.25, -0.2) is 0 Å². The molecule has 0 atom stereocenters. The molecule has 1 aromatic carbocycles. The lowest BCUT2D eigenvalue weighted by Crippen LogP contribution is -2.41. The maximum Gasteiger partial charge on any atom is 0.0176 e. The van der Waals surface area contributed by atoms with Crippen LogP contribution in [-0.2, 0) is 12.8 Å². The highest BCUT2D eigenvalue weighted by Gasteiger charge is 2.28. The lowest BCUT2D eigenvalue weighted by Gasteiger charge is -2.34. The standard InChI is InChI=1S/C15H21N/c1-12-6-8-16(9-7-12)15-10-13-4-2-3-5-14(13)11-15/h2-5,12,15H,6-11H2,1H3. The van der Waals surface area contributed by atoms with Gasteiger partial charge < -0.3 is 0 Å². The Balaban J connectivity index is 1.67. The number of nitrogens with zero attached hydrogens (tertiary/aromatic N) is 1. The van der Waals surface area contributed by atoms with Crippen LogP contribution in [0.2, 0.25) is 0 Å². The molecule has 1 heteroatoms. The van der Waals surface area contributed by atoms with Gasteiger partial charge in [-0.15, -0.1) is 0 Å². The zero-order chi connectivity index (χ0) is 11.0. The third-order valence-corrected chi connectivity index (χ3v) is 4.36. The fourth-order valence-corrected chi connectivity index (χ4v) is 3.19. The molecule has 0 N–H and O–H groups in total. The minimum absolute atomic E-state index is 0.796. The summed E-state index contributed by atoms with van der Waals surface area (Å²) in [7, 11) is 0. The maximum absolute atomic E-state index is 2.72. The second-order valence-electron chi connectivity index (χ2n) is 5.55. The predicted molar refractivity (Wildman–Crippen MR) is 67.6 cm³/mol. The molecular formula is C15H21N. The average Bonchev–Trinajstić information content (AvgIpc) is 2.73. The molecule has 3 rings (SSSR count). The molecule has 1 nitrogen and oxygen atoms in total. The molecule has 0 amide bonds. The smallest absolute Gasteiger partial charge is 0.0176 e. The number of benzene rings is 1. The van der Waals surface area contributed by atoms with Crippen LogP contribution >= 0.6 is 0 Å². The van der Waals surface area contributed by atoms with Gasteiger partial charge in [-0.2, -0.15) is 0 Å². The van der Waals surface area contributed by atoms with Crippen molar-refractivity contribution in [1.29, 1.82) is 0 Å². The Bertz CT molecular complexity index is 338. The number of fused-ring (bicyclic) bond motifs is 1. The van der Waals surface area contributed by atoms with Gasteiger partial charge in [0, 0.05) is 6.04 Å². The van der Waals surface area contributed by atoms with Gasteiger partial charge in [-0.3, -0.25) is 4.90 Å². The van der Waals surface area contributed by atoms with Crippen LogP contribution in [-0.4, -0.2) is 24.0 Å². The normalized spacial score (nSPS) is 23.6. The van der Waals surface area contributed by atoms with E-state index in [0.29, 0.717) is 0 Å². The van der Waals surface area contributed by atoms with Crippen molar-refractivity contribution < 1.29 is 0 Å². The third-order valence-electron chi connectivity index (χ3n) is 4.36. The second-order valence-corrected chi connectivity index (χ2v) is 5.55. The zero-order valence-electron chi connectivity index (χ0n) is 10.2. The lowest BCUT2D eigenvalue weighted by atomic mass is 9.97. The van der Waals surface area contributed by atoms with Crippen LogP contribution < -0.4 is 0 Å². The van der Waals surface area contributed by atoms with E-state index in [1.807, 2.05) is 0 Å². The van der Waals surface area contributed by atoms with E-state index >= 15 is 0 Å². The molecule has 0 spiro atoms. The third kappa shape index (κ3) is 1.89. The molecule has 16 heavy (non-hydrogen) atoms. The molecule has 1 aliphatic heterocycles. The van der Waals surface area contributed by atoms with Crippen LogP contribution in [0.5, 0.6) is 0 Å². The first kappa shape index (κ1) is 10.3. The van der Waals surface area contributed by atoms with Gasteiger partial charge in [-0.05, 0) is 55.8 Å². The SMILES string of the molecule is CC1CCN(C2Cc3ccccc3C2)CC1. The maximum atomic E-state index is 2.72. The van der Waals surface area contributed by atoms with Gasteiger partial charge in [0.05, 0.1) is 0 Å². The molecule has 2 aliphatic rings. The summed E-state index contributed by atoms with van der Waals surface area (Å²) in [5.74, 6) is 0.944. The fraction of sp³-hybridized carbons (Fsp3) is 0.600. The van der Waals surface area contributed by atoms with Crippen molar-refractivity contribution in [2.45, 2.75) is 38.6 Å². The second kappa shape index (κ2) is 4.21. The van der Waals surface area contributed by atoms with Crippen LogP contribution in [0.15, 0.2) is 24.3 Å². The summed E-state index contributed by atoms with van der Waals surface area (Å²) in [4.78, 5) is 2.72. The average molecular weight is 215 g/mol. The van der Waals surface area contributed by atoms with E-state index in [1.165, 1.54) is 38.8 Å². The highest BCUT2D eigenvalue weighted by Crippen LogP contribution is 2.28. The summed E-state index contributed by atoms with van der Waals surface area (Å²) in [5.41, 5.74) is 3.18. The number of rotatable bonds is 1. The summed E-state index contributed by atoms with van der Waals surface area (Å²) in [6.07, 6.45) is 5.36. The zero-order valence-corrected chi connectivity index (χ0v) is 10.2. The van der Waals surface area contributed by atoms with Crippen molar-refractivity contribution in [2.75, 3.05) is 13.1 Å². The van der Waals surface area contributed by atoms with Crippen molar-refractivity contribution in [3.05, 3.63) is 35.4 Å². The highest BCUT2D eigenvalue weighted by atomic mass is 15.2. The molecule has 1 aromatic rings. The Morgan fingerprint density at radius 1 is 1.00 bits per heavy atom. The molecule has 0 bridgehead atoms. The Kier molecular flexibility index (Phi) is 2.72. The molecule has 0 saturated carbocycles. The first-order chi connectivity index (χ1) is 7.83. The van der Waals surface area contributed by atoms with Crippen molar-refractivity contribution in [2.24, 2.45) is 5.92 Å². The Labute approximate surface area is 98.5 Å². The van der Waals surface area contributed by atoms with Gasteiger partial charge >= 0.3 is 0 Å². The van der Waals surface area contributed by atoms with Crippen LogP contribution in [0.1, 0.15) is 30.9 Å². The first-order valence-corrected chi connectivity index (χ1v) is 6.64. The van der Waals surface area contributed by atoms with E-state index in [2.05, 4.69) is 36.1 Å². The molecular weight excluding hydrogens is 194 g/mol. The molecule has 86 valence electrons. The van der Waals surface area contributed by atoms with Gasteiger partial charge in [-0.1, -0.05) is 31.2 Å². The minimum atomic E-state index is 0.796. The van der Waals surface area contributed by atoms with Crippen LogP contribution in [0.4, 0.5) is 0 Å². The molecule has 1 heterocycles. The van der Waals surface area contributed by atoms with E-state index in [-0.39, 0.29) is 0 Å². The monoisotopic (exact) mass is 215 g/mol.